The van der Waals surface area contributed by atoms with Crippen molar-refractivity contribution in [3.8, 4) is 0 Å². The van der Waals surface area contributed by atoms with E-state index in [-0.39, 0.29) is 23.4 Å². The largest absolute Gasteiger partial charge is 0.370 e. The number of nitrogens with zero attached hydrogens (tertiary/aromatic N) is 2. The second-order valence-electron chi connectivity index (χ2n) is 11.2. The van der Waals surface area contributed by atoms with Gasteiger partial charge in [0.15, 0.2) is 5.78 Å². The predicted octanol–water partition coefficient (Wildman–Crippen LogP) is 5.74. The maximum Gasteiger partial charge on any atom is 0.248 e. The van der Waals surface area contributed by atoms with Crippen molar-refractivity contribution in [2.75, 3.05) is 49.1 Å². The van der Waals surface area contributed by atoms with Crippen LogP contribution in [0.25, 0.3) is 0 Å². The molecule has 7 heteroatoms. The number of primary amides is 1. The van der Waals surface area contributed by atoms with Crippen molar-refractivity contribution in [1.29, 1.82) is 0 Å². The van der Waals surface area contributed by atoms with E-state index >= 15 is 0 Å². The molecular formula is C31H40FN3O2S. The molecule has 2 heterocycles. The Labute approximate surface area is 230 Å². The predicted molar refractivity (Wildman–Crippen MR) is 154 cm³/mol. The number of rotatable bonds is 8. The fourth-order valence-electron chi connectivity index (χ4n) is 6.53. The van der Waals surface area contributed by atoms with Gasteiger partial charge in [0, 0.05) is 47.3 Å². The number of nitrogens with two attached hydrogens (primary N) is 1. The van der Waals surface area contributed by atoms with Crippen molar-refractivity contribution >= 4 is 29.1 Å². The van der Waals surface area contributed by atoms with Crippen LogP contribution in [0.3, 0.4) is 0 Å². The number of amides is 1. The Balaban J connectivity index is 1.09. The number of thioether (sulfide) groups is 1. The third-order valence-electron chi connectivity index (χ3n) is 8.90. The van der Waals surface area contributed by atoms with Crippen LogP contribution in [0.2, 0.25) is 0 Å². The topological polar surface area (TPSA) is 66.6 Å². The minimum absolute atomic E-state index is 0.0473. The summed E-state index contributed by atoms with van der Waals surface area (Å²) >= 11 is 2.00. The molecule has 0 bridgehead atoms. The number of ketones is 1. The summed E-state index contributed by atoms with van der Waals surface area (Å²) in [5.41, 5.74) is 9.48. The molecular weight excluding hydrogens is 497 g/mol. The van der Waals surface area contributed by atoms with Crippen LogP contribution in [0.15, 0.2) is 42.5 Å². The Bertz CT molecular complexity index is 1100. The van der Waals surface area contributed by atoms with Gasteiger partial charge in [-0.3, -0.25) is 9.59 Å². The number of hydrogen-bond donors (Lipinski definition) is 1. The van der Waals surface area contributed by atoms with E-state index in [4.69, 9.17) is 5.73 Å². The molecule has 204 valence electrons. The monoisotopic (exact) mass is 537 g/mol. The highest BCUT2D eigenvalue weighted by Gasteiger charge is 2.29. The molecule has 3 aliphatic rings. The molecule has 3 fully saturated rings. The second-order valence-corrected chi connectivity index (χ2v) is 12.5. The van der Waals surface area contributed by atoms with Crippen molar-refractivity contribution in [3.05, 3.63) is 65.0 Å². The standard InChI is InChI=1S/C31H40FN3O2S/c32-26-7-5-24(6-8-26)30(36)25-12-15-34(16-13-25)14-11-22-1-3-23(4-2-22)29-21-27(9-10-28(29)31(33)37)35-17-19-38-20-18-35/h5-10,21-23,25H,1-4,11-20H2,(H2,33,37). The Kier molecular flexibility index (Phi) is 9.05. The zero-order valence-corrected chi connectivity index (χ0v) is 23.1. The first-order valence-electron chi connectivity index (χ1n) is 14.3. The van der Waals surface area contributed by atoms with Gasteiger partial charge in [-0.05, 0) is 124 Å². The highest BCUT2D eigenvalue weighted by atomic mass is 32.2. The number of Topliss-reactive ketones (excluding diaryl/α,β-unsaturated/α-hetero) is 1. The molecule has 1 aliphatic carbocycles. The van der Waals surface area contributed by atoms with Crippen LogP contribution in [0.4, 0.5) is 10.1 Å². The lowest BCUT2D eigenvalue weighted by Crippen LogP contribution is -2.37. The van der Waals surface area contributed by atoms with Crippen LogP contribution in [-0.2, 0) is 0 Å². The molecule has 2 saturated heterocycles. The first-order valence-corrected chi connectivity index (χ1v) is 15.4. The summed E-state index contributed by atoms with van der Waals surface area (Å²) in [4.78, 5) is 29.9. The molecule has 0 radical (unpaired) electrons. The number of carbonyl (C=O) groups is 2. The number of likely N-dealkylation sites (tertiary alicyclic amines) is 1. The summed E-state index contributed by atoms with van der Waals surface area (Å²) in [6, 6.07) is 12.2. The molecule has 2 aromatic carbocycles. The van der Waals surface area contributed by atoms with Gasteiger partial charge in [0.05, 0.1) is 0 Å². The van der Waals surface area contributed by atoms with Crippen molar-refractivity contribution in [3.63, 3.8) is 0 Å². The SMILES string of the molecule is NC(=O)c1ccc(N2CCSCC2)cc1C1CCC(CCN2CCC(C(=O)c3ccc(F)cc3)CC2)CC1. The first kappa shape index (κ1) is 27.2. The smallest absolute Gasteiger partial charge is 0.248 e. The molecule has 0 spiro atoms. The van der Waals surface area contributed by atoms with E-state index < -0.39 is 0 Å². The molecule has 2 aliphatic heterocycles. The van der Waals surface area contributed by atoms with Gasteiger partial charge in [-0.25, -0.2) is 4.39 Å². The van der Waals surface area contributed by atoms with Gasteiger partial charge in [0.25, 0.3) is 0 Å². The molecule has 38 heavy (non-hydrogen) atoms. The average Bonchev–Trinajstić information content (AvgIpc) is 2.97. The Morgan fingerprint density at radius 1 is 0.895 bits per heavy atom. The minimum atomic E-state index is -0.316. The van der Waals surface area contributed by atoms with E-state index in [0.717, 1.165) is 75.5 Å². The summed E-state index contributed by atoms with van der Waals surface area (Å²) in [7, 11) is 0. The third kappa shape index (κ3) is 6.60. The maximum atomic E-state index is 13.2. The zero-order chi connectivity index (χ0) is 26.5. The second kappa shape index (κ2) is 12.6. The van der Waals surface area contributed by atoms with Crippen LogP contribution in [0.5, 0.6) is 0 Å². The highest BCUT2D eigenvalue weighted by Crippen LogP contribution is 2.40. The summed E-state index contributed by atoms with van der Waals surface area (Å²) in [5, 5.41) is 0. The molecule has 2 aromatic rings. The molecule has 5 rings (SSSR count). The third-order valence-corrected chi connectivity index (χ3v) is 9.85. The molecule has 5 nitrogen and oxygen atoms in total. The van der Waals surface area contributed by atoms with Gasteiger partial charge in [-0.15, -0.1) is 0 Å². The summed E-state index contributed by atoms with van der Waals surface area (Å²) in [6.45, 7) is 5.12. The van der Waals surface area contributed by atoms with Gasteiger partial charge in [0.2, 0.25) is 5.91 Å². The fourth-order valence-corrected chi connectivity index (χ4v) is 7.43. The van der Waals surface area contributed by atoms with Crippen molar-refractivity contribution in [1.82, 2.24) is 4.90 Å². The van der Waals surface area contributed by atoms with Crippen LogP contribution in [-0.4, -0.2) is 60.8 Å². The van der Waals surface area contributed by atoms with Crippen molar-refractivity contribution in [2.45, 2.75) is 50.9 Å². The fraction of sp³-hybridized carbons (Fsp3) is 0.548. The number of piperidine rings is 1. The number of carbonyl (C=O) groups excluding carboxylic acids is 2. The van der Waals surface area contributed by atoms with E-state index in [9.17, 15) is 14.0 Å². The molecule has 1 saturated carbocycles. The highest BCUT2D eigenvalue weighted by molar-refractivity contribution is 7.99. The Hall–Kier alpha value is -2.38. The Morgan fingerprint density at radius 2 is 1.58 bits per heavy atom. The number of anilines is 1. The van der Waals surface area contributed by atoms with E-state index in [1.807, 2.05) is 17.8 Å². The average molecular weight is 538 g/mol. The normalized spacial score (nSPS) is 23.3. The van der Waals surface area contributed by atoms with Gasteiger partial charge >= 0.3 is 0 Å². The summed E-state index contributed by atoms with van der Waals surface area (Å²) in [5.74, 6) is 3.01. The molecule has 0 atom stereocenters. The van der Waals surface area contributed by atoms with Crippen LogP contribution in [0.1, 0.15) is 77.1 Å². The van der Waals surface area contributed by atoms with Gasteiger partial charge in [-0.2, -0.15) is 11.8 Å². The number of benzene rings is 2. The lowest BCUT2D eigenvalue weighted by atomic mass is 9.76. The van der Waals surface area contributed by atoms with Gasteiger partial charge in [-0.1, -0.05) is 0 Å². The zero-order valence-electron chi connectivity index (χ0n) is 22.2. The molecule has 0 aromatic heterocycles. The van der Waals surface area contributed by atoms with E-state index in [2.05, 4.69) is 21.9 Å². The number of hydrogen-bond acceptors (Lipinski definition) is 5. The Morgan fingerprint density at radius 3 is 2.24 bits per heavy atom. The van der Waals surface area contributed by atoms with Crippen molar-refractivity contribution in [2.24, 2.45) is 17.6 Å². The van der Waals surface area contributed by atoms with E-state index in [1.54, 1.807) is 12.1 Å². The molecule has 1 amide bonds. The summed E-state index contributed by atoms with van der Waals surface area (Å²) in [6.07, 6.45) is 7.55. The number of halogens is 1. The van der Waals surface area contributed by atoms with Crippen LogP contribution in [0, 0.1) is 17.7 Å². The van der Waals surface area contributed by atoms with Crippen molar-refractivity contribution < 1.29 is 14.0 Å². The van der Waals surface area contributed by atoms with E-state index in [1.165, 1.54) is 37.1 Å². The summed E-state index contributed by atoms with van der Waals surface area (Å²) < 4.78 is 13.2. The lowest BCUT2D eigenvalue weighted by Gasteiger charge is -2.35. The lowest BCUT2D eigenvalue weighted by molar-refractivity contribution is 0.0832. The van der Waals surface area contributed by atoms with E-state index in [0.29, 0.717) is 23.0 Å². The minimum Gasteiger partial charge on any atom is -0.370 e. The van der Waals surface area contributed by atoms with Crippen LogP contribution < -0.4 is 10.6 Å². The quantitative estimate of drug-likeness (QED) is 0.435. The molecule has 0 unspecified atom stereocenters. The first-order chi connectivity index (χ1) is 18.5. The maximum absolute atomic E-state index is 13.2. The van der Waals surface area contributed by atoms with Crippen LogP contribution >= 0.6 is 11.8 Å². The van der Waals surface area contributed by atoms with Gasteiger partial charge in [0.1, 0.15) is 5.82 Å². The van der Waals surface area contributed by atoms with Gasteiger partial charge < -0.3 is 15.5 Å². The molecule has 2 N–H and O–H groups in total.